The van der Waals surface area contributed by atoms with Crippen LogP contribution in [0.5, 0.6) is 0 Å². The highest BCUT2D eigenvalue weighted by Gasteiger charge is 2.46. The minimum absolute atomic E-state index is 0.154. The lowest BCUT2D eigenvalue weighted by Crippen LogP contribution is -2.53. The lowest BCUT2D eigenvalue weighted by Gasteiger charge is -2.37. The van der Waals surface area contributed by atoms with E-state index in [0.29, 0.717) is 13.2 Å². The molecule has 18 heavy (non-hydrogen) atoms. The van der Waals surface area contributed by atoms with Crippen molar-refractivity contribution in [1.82, 2.24) is 4.90 Å². The highest BCUT2D eigenvalue weighted by atomic mass is 16.5. The Kier molecular flexibility index (Phi) is 4.28. The molecule has 2 unspecified atom stereocenters. The molecule has 0 spiro atoms. The van der Waals surface area contributed by atoms with Crippen LogP contribution in [-0.4, -0.2) is 43.2 Å². The number of likely N-dealkylation sites (tertiary alicyclic amines) is 1. The molecule has 0 bridgehead atoms. The predicted octanol–water partition coefficient (Wildman–Crippen LogP) is 1.39. The predicted molar refractivity (Wildman–Crippen MR) is 71.1 cm³/mol. The zero-order valence-electron chi connectivity index (χ0n) is 11.7. The van der Waals surface area contributed by atoms with E-state index < -0.39 is 5.41 Å². The van der Waals surface area contributed by atoms with E-state index in [1.54, 1.807) is 0 Å². The second kappa shape index (κ2) is 5.57. The summed E-state index contributed by atoms with van der Waals surface area (Å²) in [6.07, 6.45) is 4.83. The van der Waals surface area contributed by atoms with Gasteiger partial charge >= 0.3 is 0 Å². The number of piperidine rings is 1. The Labute approximate surface area is 110 Å². The van der Waals surface area contributed by atoms with Crippen molar-refractivity contribution in [3.8, 4) is 0 Å². The minimum atomic E-state index is -0.502. The van der Waals surface area contributed by atoms with E-state index in [1.165, 1.54) is 12.8 Å². The zero-order valence-corrected chi connectivity index (χ0v) is 11.7. The number of rotatable bonds is 3. The third-order valence-electron chi connectivity index (χ3n) is 4.60. The van der Waals surface area contributed by atoms with Crippen LogP contribution in [0.15, 0.2) is 0 Å². The summed E-state index contributed by atoms with van der Waals surface area (Å²) in [6, 6.07) is -0.154. The van der Waals surface area contributed by atoms with Crippen LogP contribution in [-0.2, 0) is 9.53 Å². The summed E-state index contributed by atoms with van der Waals surface area (Å²) in [5.74, 6) is 1.00. The first-order valence-corrected chi connectivity index (χ1v) is 7.20. The van der Waals surface area contributed by atoms with Gasteiger partial charge in [0.15, 0.2) is 0 Å². The summed E-state index contributed by atoms with van der Waals surface area (Å²) < 4.78 is 5.37. The number of ether oxygens (including phenoxy) is 1. The lowest BCUT2D eigenvalue weighted by atomic mass is 9.83. The Balaban J connectivity index is 1.91. The topological polar surface area (TPSA) is 55.6 Å². The summed E-state index contributed by atoms with van der Waals surface area (Å²) in [5.41, 5.74) is 5.52. The molecule has 0 saturated carbocycles. The standard InChI is InChI=1S/C14H26N2O2/c1-3-4-11-5-7-16(8-6-11)13(17)14(2)10-18-9-12(14)15/h11-12H,3-10,15H2,1-2H3. The molecule has 0 radical (unpaired) electrons. The van der Waals surface area contributed by atoms with Gasteiger partial charge in [-0.25, -0.2) is 0 Å². The zero-order chi connectivity index (χ0) is 13.2. The van der Waals surface area contributed by atoms with Gasteiger partial charge in [0.2, 0.25) is 5.91 Å². The first kappa shape index (κ1) is 13.8. The highest BCUT2D eigenvalue weighted by Crippen LogP contribution is 2.31. The van der Waals surface area contributed by atoms with Gasteiger partial charge in [0.1, 0.15) is 0 Å². The van der Waals surface area contributed by atoms with Crippen LogP contribution < -0.4 is 5.73 Å². The van der Waals surface area contributed by atoms with Gasteiger partial charge in [0, 0.05) is 19.1 Å². The van der Waals surface area contributed by atoms with Crippen LogP contribution in [0.4, 0.5) is 0 Å². The maximum Gasteiger partial charge on any atom is 0.232 e. The Hall–Kier alpha value is -0.610. The van der Waals surface area contributed by atoms with Crippen molar-refractivity contribution in [2.45, 2.75) is 45.6 Å². The van der Waals surface area contributed by atoms with Crippen molar-refractivity contribution in [3.63, 3.8) is 0 Å². The maximum atomic E-state index is 12.6. The van der Waals surface area contributed by atoms with Gasteiger partial charge in [0.05, 0.1) is 18.6 Å². The fourth-order valence-electron chi connectivity index (χ4n) is 3.10. The van der Waals surface area contributed by atoms with E-state index in [1.807, 2.05) is 11.8 Å². The third kappa shape index (κ3) is 2.54. The number of hydrogen-bond donors (Lipinski definition) is 1. The molecule has 4 heteroatoms. The molecule has 0 aliphatic carbocycles. The second-order valence-corrected chi connectivity index (χ2v) is 6.06. The molecule has 2 atom stereocenters. The molecule has 0 aromatic heterocycles. The normalized spacial score (nSPS) is 33.9. The van der Waals surface area contributed by atoms with Gasteiger partial charge in [-0.15, -0.1) is 0 Å². The van der Waals surface area contributed by atoms with Gasteiger partial charge in [-0.1, -0.05) is 19.8 Å². The molecule has 2 aliphatic heterocycles. The number of nitrogens with two attached hydrogens (primary N) is 1. The molecule has 0 aromatic carbocycles. The van der Waals surface area contributed by atoms with Gasteiger partial charge in [-0.3, -0.25) is 4.79 Å². The van der Waals surface area contributed by atoms with Crippen molar-refractivity contribution in [2.24, 2.45) is 17.1 Å². The van der Waals surface area contributed by atoms with Crippen LogP contribution in [0, 0.1) is 11.3 Å². The van der Waals surface area contributed by atoms with Gasteiger partial charge < -0.3 is 15.4 Å². The Morgan fingerprint density at radius 2 is 2.11 bits per heavy atom. The fourth-order valence-corrected chi connectivity index (χ4v) is 3.10. The Morgan fingerprint density at radius 3 is 2.61 bits per heavy atom. The quantitative estimate of drug-likeness (QED) is 0.828. The molecule has 104 valence electrons. The van der Waals surface area contributed by atoms with Crippen LogP contribution >= 0.6 is 0 Å². The smallest absolute Gasteiger partial charge is 0.232 e. The van der Waals surface area contributed by atoms with Crippen molar-refractivity contribution in [3.05, 3.63) is 0 Å². The summed E-state index contributed by atoms with van der Waals surface area (Å²) in [7, 11) is 0. The average Bonchev–Trinajstić information content (AvgIpc) is 2.71. The SMILES string of the molecule is CCCC1CCN(C(=O)C2(C)COCC2N)CC1. The highest BCUT2D eigenvalue weighted by molar-refractivity contribution is 5.83. The number of carbonyl (C=O) groups excluding carboxylic acids is 1. The Morgan fingerprint density at radius 1 is 1.44 bits per heavy atom. The maximum absolute atomic E-state index is 12.6. The average molecular weight is 254 g/mol. The van der Waals surface area contributed by atoms with E-state index in [2.05, 4.69) is 6.92 Å². The largest absolute Gasteiger partial charge is 0.379 e. The molecule has 4 nitrogen and oxygen atoms in total. The minimum Gasteiger partial charge on any atom is -0.379 e. The van der Waals surface area contributed by atoms with Crippen molar-refractivity contribution in [2.75, 3.05) is 26.3 Å². The summed E-state index contributed by atoms with van der Waals surface area (Å²) in [6.45, 7) is 6.95. The van der Waals surface area contributed by atoms with Gasteiger partial charge in [-0.05, 0) is 25.7 Å². The lowest BCUT2D eigenvalue weighted by molar-refractivity contribution is -0.143. The van der Waals surface area contributed by atoms with Crippen molar-refractivity contribution >= 4 is 5.91 Å². The molecular formula is C14H26N2O2. The fraction of sp³-hybridized carbons (Fsp3) is 0.929. The number of amides is 1. The molecule has 0 aromatic rings. The monoisotopic (exact) mass is 254 g/mol. The first-order chi connectivity index (χ1) is 8.58. The van der Waals surface area contributed by atoms with E-state index in [9.17, 15) is 4.79 Å². The van der Waals surface area contributed by atoms with E-state index in [-0.39, 0.29) is 11.9 Å². The van der Waals surface area contributed by atoms with E-state index >= 15 is 0 Å². The molecule has 2 aliphatic rings. The molecule has 2 N–H and O–H groups in total. The Bertz CT molecular complexity index is 300. The summed E-state index contributed by atoms with van der Waals surface area (Å²) in [5, 5.41) is 0. The third-order valence-corrected chi connectivity index (χ3v) is 4.60. The van der Waals surface area contributed by atoms with Crippen molar-refractivity contribution in [1.29, 1.82) is 0 Å². The van der Waals surface area contributed by atoms with Crippen LogP contribution in [0.2, 0.25) is 0 Å². The number of hydrogen-bond acceptors (Lipinski definition) is 3. The number of nitrogens with zero attached hydrogens (tertiary/aromatic N) is 1. The second-order valence-electron chi connectivity index (χ2n) is 6.06. The first-order valence-electron chi connectivity index (χ1n) is 7.20. The van der Waals surface area contributed by atoms with Gasteiger partial charge in [-0.2, -0.15) is 0 Å². The molecular weight excluding hydrogens is 228 g/mol. The summed E-state index contributed by atoms with van der Waals surface area (Å²) in [4.78, 5) is 14.6. The van der Waals surface area contributed by atoms with Gasteiger partial charge in [0.25, 0.3) is 0 Å². The van der Waals surface area contributed by atoms with Crippen LogP contribution in [0.3, 0.4) is 0 Å². The molecule has 1 amide bonds. The summed E-state index contributed by atoms with van der Waals surface area (Å²) >= 11 is 0. The van der Waals surface area contributed by atoms with Crippen LogP contribution in [0.1, 0.15) is 39.5 Å². The molecule has 2 saturated heterocycles. The molecule has 2 heterocycles. The number of carbonyl (C=O) groups is 1. The van der Waals surface area contributed by atoms with E-state index in [4.69, 9.17) is 10.5 Å². The van der Waals surface area contributed by atoms with Crippen LogP contribution in [0.25, 0.3) is 0 Å². The molecule has 2 rings (SSSR count). The van der Waals surface area contributed by atoms with Crippen molar-refractivity contribution < 1.29 is 9.53 Å². The molecule has 2 fully saturated rings. The van der Waals surface area contributed by atoms with E-state index in [0.717, 1.165) is 31.8 Å².